The molecule has 0 saturated carbocycles. The molecular weight excluding hydrogens is 633 g/mol. The van der Waals surface area contributed by atoms with E-state index >= 15 is 0 Å². The molecule has 2 atom stereocenters. The summed E-state index contributed by atoms with van der Waals surface area (Å²) in [7, 11) is -3.66. The second-order valence-electron chi connectivity index (χ2n) is 13.4. The number of carboxylic acid groups (broad SMARTS) is 1. The van der Waals surface area contributed by atoms with Gasteiger partial charge in [0.2, 0.25) is 7.37 Å². The van der Waals surface area contributed by atoms with E-state index in [2.05, 4.69) is 4.98 Å². The molecule has 1 saturated heterocycles. The van der Waals surface area contributed by atoms with Gasteiger partial charge in [0.1, 0.15) is 11.2 Å². The molecule has 13 heteroatoms. The van der Waals surface area contributed by atoms with Gasteiger partial charge >= 0.3 is 18.2 Å². The van der Waals surface area contributed by atoms with E-state index in [1.54, 1.807) is 66.8 Å². The van der Waals surface area contributed by atoms with Gasteiger partial charge in [0.25, 0.3) is 0 Å². The number of unbranched alkanes of at least 4 members (excludes halogenated alkanes) is 1. The van der Waals surface area contributed by atoms with Crippen LogP contribution in [0.3, 0.4) is 0 Å². The fraction of sp³-hybridized carbons (Fsp3) is 0.576. The maximum Gasteiger partial charge on any atom is 0.419 e. The summed E-state index contributed by atoms with van der Waals surface area (Å²) in [5.41, 5.74) is 0.877. The zero-order chi connectivity index (χ0) is 34.3. The lowest BCUT2D eigenvalue weighted by Crippen LogP contribution is -2.54. The number of amides is 2. The van der Waals surface area contributed by atoms with E-state index in [0.29, 0.717) is 18.1 Å². The standard InChI is InChI=1S/C33H47ClN3O8P/c1-8-43-46(42)21-20-36(22-27-26(12-11-18-35-27)24-13-15-25(34)16-14-24)23-33(46,28(38)39)17-9-10-19-37(29(40)44-31(2,3)4)30(41)45-32(5,6)7/h11-16,18H,8-10,17,19-23H2,1-7H3,(H,38,39)/t33-,46?/m0/s1. The number of ether oxygens (including phenoxy) is 2. The van der Waals surface area contributed by atoms with Crippen molar-refractivity contribution in [3.63, 3.8) is 0 Å². The molecule has 2 heterocycles. The fourth-order valence-corrected chi connectivity index (χ4v) is 8.49. The molecule has 0 bridgehead atoms. The zero-order valence-electron chi connectivity index (χ0n) is 27.9. The third-order valence-electron chi connectivity index (χ3n) is 7.45. The van der Waals surface area contributed by atoms with Gasteiger partial charge in [0, 0.05) is 49.1 Å². The summed E-state index contributed by atoms with van der Waals surface area (Å²) in [5, 5.41) is 9.59. The van der Waals surface area contributed by atoms with Crippen LogP contribution in [0.1, 0.15) is 73.4 Å². The largest absolute Gasteiger partial charge is 0.480 e. The number of imide groups is 1. The van der Waals surface area contributed by atoms with Crippen molar-refractivity contribution in [3.05, 3.63) is 53.3 Å². The first-order valence-electron chi connectivity index (χ1n) is 15.5. The number of pyridine rings is 1. The van der Waals surface area contributed by atoms with Gasteiger partial charge in [-0.15, -0.1) is 0 Å². The van der Waals surface area contributed by atoms with Crippen molar-refractivity contribution in [2.45, 2.75) is 90.6 Å². The summed E-state index contributed by atoms with van der Waals surface area (Å²) in [6, 6.07) is 11.2. The normalized spacial score (nSPS) is 20.6. The van der Waals surface area contributed by atoms with Crippen molar-refractivity contribution in [1.82, 2.24) is 14.8 Å². The van der Waals surface area contributed by atoms with Crippen LogP contribution < -0.4 is 0 Å². The smallest absolute Gasteiger partial charge is 0.419 e. The summed E-state index contributed by atoms with van der Waals surface area (Å²) in [4.78, 5) is 46.4. The van der Waals surface area contributed by atoms with Gasteiger partial charge in [0.15, 0.2) is 5.16 Å². The molecule has 1 aliphatic rings. The van der Waals surface area contributed by atoms with Gasteiger partial charge in [-0.25, -0.2) is 14.5 Å². The molecule has 46 heavy (non-hydrogen) atoms. The van der Waals surface area contributed by atoms with Crippen LogP contribution in [0.25, 0.3) is 11.1 Å². The topological polar surface area (TPSA) is 136 Å². The molecule has 1 aromatic heterocycles. The van der Waals surface area contributed by atoms with E-state index in [1.807, 2.05) is 29.2 Å². The SMILES string of the molecule is CCOP1(=O)CCN(Cc2ncccc2-c2ccc(Cl)cc2)C[C@@]1(CCCCN(C(=O)OC(C)(C)C)C(=O)OC(C)(C)C)C(=O)O. The molecule has 0 aliphatic carbocycles. The average molecular weight is 680 g/mol. The van der Waals surface area contributed by atoms with Crippen LogP contribution in [0.2, 0.25) is 5.02 Å². The van der Waals surface area contributed by atoms with Gasteiger partial charge in [-0.05, 0) is 91.5 Å². The van der Waals surface area contributed by atoms with E-state index in [-0.39, 0.29) is 45.1 Å². The number of aliphatic carboxylic acids is 1. The van der Waals surface area contributed by atoms with E-state index in [1.165, 1.54) is 0 Å². The van der Waals surface area contributed by atoms with Crippen LogP contribution >= 0.6 is 19.0 Å². The first kappa shape index (κ1) is 37.5. The van der Waals surface area contributed by atoms with Crippen molar-refractivity contribution in [2.75, 3.05) is 32.4 Å². The van der Waals surface area contributed by atoms with Gasteiger partial charge in [-0.1, -0.05) is 29.8 Å². The lowest BCUT2D eigenvalue weighted by molar-refractivity contribution is -0.141. The van der Waals surface area contributed by atoms with Crippen LogP contribution in [0.15, 0.2) is 42.6 Å². The van der Waals surface area contributed by atoms with Crippen LogP contribution in [-0.2, 0) is 29.9 Å². The minimum Gasteiger partial charge on any atom is -0.480 e. The molecular formula is C33H47ClN3O8P. The Bertz CT molecular complexity index is 1400. The summed E-state index contributed by atoms with van der Waals surface area (Å²) < 4.78 is 30.9. The maximum atomic E-state index is 14.3. The lowest BCUT2D eigenvalue weighted by Gasteiger charge is -2.45. The highest BCUT2D eigenvalue weighted by Crippen LogP contribution is 2.63. The molecule has 0 radical (unpaired) electrons. The molecule has 3 rings (SSSR count). The number of benzene rings is 1. The monoisotopic (exact) mass is 679 g/mol. The van der Waals surface area contributed by atoms with Crippen LogP contribution in [0.4, 0.5) is 9.59 Å². The zero-order valence-corrected chi connectivity index (χ0v) is 29.5. The predicted octanol–water partition coefficient (Wildman–Crippen LogP) is 7.70. The van der Waals surface area contributed by atoms with E-state index < -0.39 is 41.9 Å². The Morgan fingerprint density at radius 3 is 2.17 bits per heavy atom. The molecule has 1 unspecified atom stereocenters. The van der Waals surface area contributed by atoms with E-state index in [0.717, 1.165) is 21.7 Å². The molecule has 1 aromatic carbocycles. The maximum absolute atomic E-state index is 14.3. The average Bonchev–Trinajstić information content (AvgIpc) is 2.93. The van der Waals surface area contributed by atoms with Crippen LogP contribution in [-0.4, -0.2) is 86.8 Å². The predicted molar refractivity (Wildman–Crippen MR) is 177 cm³/mol. The summed E-state index contributed by atoms with van der Waals surface area (Å²) in [6.07, 6.45) is 0.544. The summed E-state index contributed by atoms with van der Waals surface area (Å²) in [6.45, 7) is 12.6. The Labute approximate surface area is 277 Å². The summed E-state index contributed by atoms with van der Waals surface area (Å²) >= 11 is 6.09. The second-order valence-corrected chi connectivity index (χ2v) is 16.8. The molecule has 1 aliphatic heterocycles. The van der Waals surface area contributed by atoms with E-state index in [9.17, 15) is 24.1 Å². The fourth-order valence-electron chi connectivity index (χ4n) is 5.39. The Balaban J connectivity index is 1.83. The Hall–Kier alpha value is -2.98. The van der Waals surface area contributed by atoms with Gasteiger partial charge in [-0.2, -0.15) is 0 Å². The number of halogens is 1. The Morgan fingerprint density at radius 1 is 1.02 bits per heavy atom. The van der Waals surface area contributed by atoms with Crippen LogP contribution in [0, 0.1) is 0 Å². The Morgan fingerprint density at radius 2 is 1.63 bits per heavy atom. The minimum absolute atomic E-state index is 0.0127. The van der Waals surface area contributed by atoms with Crippen molar-refractivity contribution in [1.29, 1.82) is 0 Å². The number of hydrogen-bond acceptors (Lipinski definition) is 9. The number of hydrogen-bond donors (Lipinski definition) is 1. The number of aromatic nitrogens is 1. The third-order valence-corrected chi connectivity index (χ3v) is 11.0. The van der Waals surface area contributed by atoms with E-state index in [4.69, 9.17) is 25.6 Å². The lowest BCUT2D eigenvalue weighted by atomic mass is 9.98. The first-order chi connectivity index (χ1) is 21.4. The number of carbonyl (C=O) groups is 3. The first-order valence-corrected chi connectivity index (χ1v) is 17.7. The van der Waals surface area contributed by atoms with Crippen molar-refractivity contribution < 1.29 is 38.1 Å². The molecule has 1 N–H and O–H groups in total. The van der Waals surface area contributed by atoms with Crippen molar-refractivity contribution in [2.24, 2.45) is 0 Å². The van der Waals surface area contributed by atoms with Crippen molar-refractivity contribution >= 4 is 37.1 Å². The number of nitrogens with zero attached hydrogens (tertiary/aromatic N) is 3. The molecule has 2 aromatic rings. The second kappa shape index (κ2) is 15.3. The molecule has 0 spiro atoms. The highest BCUT2D eigenvalue weighted by atomic mass is 35.5. The summed E-state index contributed by atoms with van der Waals surface area (Å²) in [5.74, 6) is -1.20. The van der Waals surface area contributed by atoms with Crippen molar-refractivity contribution in [3.8, 4) is 11.1 Å². The highest BCUT2D eigenvalue weighted by Gasteiger charge is 2.58. The van der Waals surface area contributed by atoms with Gasteiger partial charge < -0.3 is 19.1 Å². The molecule has 2 amide bonds. The molecule has 1 fully saturated rings. The Kier molecular flexibility index (Phi) is 12.5. The number of carboxylic acids is 1. The quantitative estimate of drug-likeness (QED) is 0.186. The number of rotatable bonds is 11. The third kappa shape index (κ3) is 9.77. The highest BCUT2D eigenvalue weighted by molar-refractivity contribution is 7.62. The minimum atomic E-state index is -3.66. The van der Waals surface area contributed by atoms with Crippen LogP contribution in [0.5, 0.6) is 0 Å². The van der Waals surface area contributed by atoms with Gasteiger partial charge in [-0.3, -0.25) is 19.2 Å². The number of carbonyl (C=O) groups excluding carboxylic acids is 2. The van der Waals surface area contributed by atoms with Gasteiger partial charge in [0.05, 0.1) is 12.3 Å². The molecule has 254 valence electrons. The molecule has 11 nitrogen and oxygen atoms in total.